The molecule has 0 spiro atoms. The van der Waals surface area contributed by atoms with Gasteiger partial charge >= 0.3 is 0 Å². The number of nitrogens with zero attached hydrogens (tertiary/aromatic N) is 2. The molecule has 0 atom stereocenters. The zero-order valence-corrected chi connectivity index (χ0v) is 9.71. The fourth-order valence-electron chi connectivity index (χ4n) is 1.58. The molecule has 4 nitrogen and oxygen atoms in total. The number of carbonyl (C=O) groups excluding carboxylic acids is 1. The van der Waals surface area contributed by atoms with E-state index in [4.69, 9.17) is 5.26 Å². The van der Waals surface area contributed by atoms with Crippen LogP contribution in [0.25, 0.3) is 0 Å². The van der Waals surface area contributed by atoms with E-state index in [0.29, 0.717) is 11.3 Å². The van der Waals surface area contributed by atoms with Crippen LogP contribution in [0.1, 0.15) is 5.56 Å². The van der Waals surface area contributed by atoms with E-state index in [1.807, 2.05) is 36.7 Å². The van der Waals surface area contributed by atoms with Gasteiger partial charge in [0.15, 0.2) is 12.4 Å². The van der Waals surface area contributed by atoms with Crippen molar-refractivity contribution in [3.63, 3.8) is 0 Å². The first-order valence-electron chi connectivity index (χ1n) is 5.52. The largest absolute Gasteiger partial charge is 0.319 e. The van der Waals surface area contributed by atoms with Crippen LogP contribution in [0.2, 0.25) is 0 Å². The summed E-state index contributed by atoms with van der Waals surface area (Å²) in [5, 5.41) is 11.6. The molecular formula is C14H12N3O+. The van der Waals surface area contributed by atoms with Gasteiger partial charge in [0.1, 0.15) is 6.07 Å². The molecule has 1 amide bonds. The summed E-state index contributed by atoms with van der Waals surface area (Å²) in [5.41, 5.74) is 1.01. The Morgan fingerprint density at radius 2 is 1.89 bits per heavy atom. The van der Waals surface area contributed by atoms with E-state index in [1.165, 1.54) is 0 Å². The van der Waals surface area contributed by atoms with E-state index in [0.717, 1.165) is 0 Å². The van der Waals surface area contributed by atoms with Gasteiger partial charge in [-0.05, 0) is 12.1 Å². The molecule has 0 bridgehead atoms. The molecule has 1 heterocycles. The number of anilines is 1. The molecule has 1 N–H and O–H groups in total. The van der Waals surface area contributed by atoms with E-state index in [1.54, 1.807) is 28.8 Å². The molecule has 0 aliphatic heterocycles. The SMILES string of the molecule is N#Cc1ccccc1NC(=O)C[n+]1ccccc1. The summed E-state index contributed by atoms with van der Waals surface area (Å²) in [6, 6.07) is 14.6. The van der Waals surface area contributed by atoms with Crippen LogP contribution in [-0.2, 0) is 11.3 Å². The Morgan fingerprint density at radius 3 is 2.61 bits per heavy atom. The third kappa shape index (κ3) is 2.92. The standard InChI is InChI=1S/C14H11N3O/c15-10-12-6-2-3-7-13(12)16-14(18)11-17-8-4-1-5-9-17/h1-9H,11H2/p+1. The summed E-state index contributed by atoms with van der Waals surface area (Å²) in [7, 11) is 0. The number of carbonyl (C=O) groups is 1. The molecule has 1 aromatic heterocycles. The summed E-state index contributed by atoms with van der Waals surface area (Å²) in [4.78, 5) is 11.8. The lowest BCUT2D eigenvalue weighted by molar-refractivity contribution is -0.684. The van der Waals surface area contributed by atoms with Gasteiger partial charge < -0.3 is 5.32 Å². The van der Waals surface area contributed by atoms with Crippen molar-refractivity contribution in [2.45, 2.75) is 6.54 Å². The van der Waals surface area contributed by atoms with Crippen molar-refractivity contribution in [2.24, 2.45) is 0 Å². The molecule has 0 aliphatic carbocycles. The number of hydrogen-bond acceptors (Lipinski definition) is 2. The highest BCUT2D eigenvalue weighted by Crippen LogP contribution is 2.12. The topological polar surface area (TPSA) is 56.8 Å². The first-order chi connectivity index (χ1) is 8.79. The maximum absolute atomic E-state index is 11.8. The Labute approximate surface area is 105 Å². The monoisotopic (exact) mass is 238 g/mol. The van der Waals surface area contributed by atoms with Crippen molar-refractivity contribution in [2.75, 3.05) is 5.32 Å². The molecule has 88 valence electrons. The van der Waals surface area contributed by atoms with Crippen LogP contribution in [0.5, 0.6) is 0 Å². The average molecular weight is 238 g/mol. The molecule has 0 radical (unpaired) electrons. The molecule has 18 heavy (non-hydrogen) atoms. The van der Waals surface area contributed by atoms with Gasteiger partial charge in [-0.2, -0.15) is 9.83 Å². The van der Waals surface area contributed by atoms with Crippen molar-refractivity contribution in [3.05, 3.63) is 60.4 Å². The van der Waals surface area contributed by atoms with Gasteiger partial charge in [-0.25, -0.2) is 0 Å². The zero-order valence-electron chi connectivity index (χ0n) is 9.71. The molecule has 0 unspecified atom stereocenters. The minimum Gasteiger partial charge on any atom is -0.319 e. The van der Waals surface area contributed by atoms with Gasteiger partial charge in [0.05, 0.1) is 11.3 Å². The molecule has 2 aromatic rings. The molecule has 4 heteroatoms. The maximum atomic E-state index is 11.8. The lowest BCUT2D eigenvalue weighted by atomic mass is 10.2. The Bertz CT molecular complexity index is 587. The van der Waals surface area contributed by atoms with Gasteiger partial charge in [-0.15, -0.1) is 0 Å². The number of nitriles is 1. The Hall–Kier alpha value is -2.67. The van der Waals surface area contributed by atoms with Gasteiger partial charge in [0.2, 0.25) is 6.54 Å². The minimum atomic E-state index is -0.158. The number of amides is 1. The van der Waals surface area contributed by atoms with E-state index in [-0.39, 0.29) is 12.5 Å². The highest BCUT2D eigenvalue weighted by Gasteiger charge is 2.10. The fraction of sp³-hybridized carbons (Fsp3) is 0.0714. The Balaban J connectivity index is 2.06. The number of aromatic nitrogens is 1. The number of para-hydroxylation sites is 1. The highest BCUT2D eigenvalue weighted by atomic mass is 16.1. The van der Waals surface area contributed by atoms with E-state index in [9.17, 15) is 4.79 Å². The minimum absolute atomic E-state index is 0.158. The van der Waals surface area contributed by atoms with Crippen LogP contribution in [-0.4, -0.2) is 5.91 Å². The number of nitrogens with one attached hydrogen (secondary N) is 1. The number of rotatable bonds is 3. The van der Waals surface area contributed by atoms with Crippen molar-refractivity contribution < 1.29 is 9.36 Å². The quantitative estimate of drug-likeness (QED) is 0.823. The number of hydrogen-bond donors (Lipinski definition) is 1. The van der Waals surface area contributed by atoms with Crippen molar-refractivity contribution in [1.29, 1.82) is 5.26 Å². The molecule has 1 aromatic carbocycles. The predicted octanol–water partition coefficient (Wildman–Crippen LogP) is 1.48. The van der Waals surface area contributed by atoms with Crippen LogP contribution < -0.4 is 9.88 Å². The maximum Gasteiger partial charge on any atom is 0.290 e. The van der Waals surface area contributed by atoms with E-state index < -0.39 is 0 Å². The molecule has 0 fully saturated rings. The third-order valence-corrected chi connectivity index (χ3v) is 2.43. The summed E-state index contributed by atoms with van der Waals surface area (Å²) < 4.78 is 1.77. The van der Waals surface area contributed by atoms with Gasteiger partial charge in [-0.1, -0.05) is 18.2 Å². The normalized spacial score (nSPS) is 9.50. The molecule has 2 rings (SSSR count). The highest BCUT2D eigenvalue weighted by molar-refractivity contribution is 5.91. The van der Waals surface area contributed by atoms with E-state index in [2.05, 4.69) is 5.32 Å². The Kier molecular flexibility index (Phi) is 3.67. The summed E-state index contributed by atoms with van der Waals surface area (Å²) in [5.74, 6) is -0.158. The van der Waals surface area contributed by atoms with Crippen LogP contribution in [0, 0.1) is 11.3 Å². The first-order valence-corrected chi connectivity index (χ1v) is 5.52. The van der Waals surface area contributed by atoms with Crippen molar-refractivity contribution >= 4 is 11.6 Å². The number of pyridine rings is 1. The molecular weight excluding hydrogens is 226 g/mol. The number of benzene rings is 1. The summed E-state index contributed by atoms with van der Waals surface area (Å²) >= 11 is 0. The average Bonchev–Trinajstić information content (AvgIpc) is 2.40. The fourth-order valence-corrected chi connectivity index (χ4v) is 1.58. The van der Waals surface area contributed by atoms with Crippen LogP contribution >= 0.6 is 0 Å². The van der Waals surface area contributed by atoms with Crippen molar-refractivity contribution in [3.8, 4) is 6.07 Å². The molecule has 0 saturated heterocycles. The third-order valence-electron chi connectivity index (χ3n) is 2.43. The molecule has 0 saturated carbocycles. The smallest absolute Gasteiger partial charge is 0.290 e. The van der Waals surface area contributed by atoms with Crippen LogP contribution in [0.15, 0.2) is 54.9 Å². The summed E-state index contributed by atoms with van der Waals surface area (Å²) in [6.45, 7) is 0.223. The first kappa shape index (κ1) is 11.8. The zero-order chi connectivity index (χ0) is 12.8. The second-order valence-corrected chi connectivity index (χ2v) is 3.75. The lowest BCUT2D eigenvalue weighted by Gasteiger charge is -2.04. The molecule has 0 aliphatic rings. The second kappa shape index (κ2) is 5.60. The van der Waals surface area contributed by atoms with Crippen LogP contribution in [0.4, 0.5) is 5.69 Å². The van der Waals surface area contributed by atoms with E-state index >= 15 is 0 Å². The van der Waals surface area contributed by atoms with Crippen molar-refractivity contribution in [1.82, 2.24) is 0 Å². The second-order valence-electron chi connectivity index (χ2n) is 3.75. The van der Waals surface area contributed by atoms with Gasteiger partial charge in [0.25, 0.3) is 5.91 Å². The van der Waals surface area contributed by atoms with Gasteiger partial charge in [-0.3, -0.25) is 4.79 Å². The van der Waals surface area contributed by atoms with Gasteiger partial charge in [0, 0.05) is 12.1 Å². The summed E-state index contributed by atoms with van der Waals surface area (Å²) in [6.07, 6.45) is 3.63. The Morgan fingerprint density at radius 1 is 1.17 bits per heavy atom. The van der Waals surface area contributed by atoms with Crippen LogP contribution in [0.3, 0.4) is 0 Å². The lowest BCUT2D eigenvalue weighted by Crippen LogP contribution is -2.39. The predicted molar refractivity (Wildman–Crippen MR) is 66.4 cm³/mol.